The van der Waals surface area contributed by atoms with Gasteiger partial charge in [-0.2, -0.15) is 0 Å². The van der Waals surface area contributed by atoms with Crippen molar-refractivity contribution in [3.63, 3.8) is 0 Å². The second-order valence-electron chi connectivity index (χ2n) is 6.60. The van der Waals surface area contributed by atoms with Crippen LogP contribution >= 0.6 is 0 Å². The standard InChI is InChI=1S/C22H15NO/c1-2-8-14-13(7-1)19-15-9-3-5-11-17(15)23-21(19)22-20(14)16-10-4-6-12-18(16)24-22/h1-9,11-12,16,23H,10H2. The summed E-state index contributed by atoms with van der Waals surface area (Å²) in [6, 6.07) is 17.2. The predicted molar refractivity (Wildman–Crippen MR) is 98.5 cm³/mol. The molecule has 0 bridgehead atoms. The van der Waals surface area contributed by atoms with Crippen molar-refractivity contribution >= 4 is 32.6 Å². The number of aromatic nitrogens is 1. The van der Waals surface area contributed by atoms with Gasteiger partial charge in [0, 0.05) is 27.8 Å². The van der Waals surface area contributed by atoms with Crippen molar-refractivity contribution in [2.75, 3.05) is 0 Å². The normalized spacial score (nSPS) is 18.7. The molecule has 4 aromatic rings. The van der Waals surface area contributed by atoms with Crippen LogP contribution in [0.25, 0.3) is 32.6 Å². The van der Waals surface area contributed by atoms with Crippen LogP contribution in [0.15, 0.2) is 72.5 Å². The predicted octanol–water partition coefficient (Wildman–Crippen LogP) is 5.79. The van der Waals surface area contributed by atoms with E-state index < -0.39 is 0 Å². The molecular formula is C22H15NO. The molecular weight excluding hydrogens is 294 g/mol. The second-order valence-corrected chi connectivity index (χ2v) is 6.60. The molecule has 2 aliphatic rings. The quantitative estimate of drug-likeness (QED) is 0.436. The highest BCUT2D eigenvalue weighted by atomic mass is 16.5. The Morgan fingerprint density at radius 3 is 2.62 bits per heavy atom. The van der Waals surface area contributed by atoms with Gasteiger partial charge in [-0.05, 0) is 29.3 Å². The molecule has 1 aliphatic heterocycles. The van der Waals surface area contributed by atoms with Gasteiger partial charge in [0.2, 0.25) is 0 Å². The molecule has 1 atom stereocenters. The van der Waals surface area contributed by atoms with Crippen LogP contribution in [0.4, 0.5) is 0 Å². The molecule has 1 aliphatic carbocycles. The molecule has 0 saturated heterocycles. The molecule has 2 heterocycles. The van der Waals surface area contributed by atoms with E-state index in [-0.39, 0.29) is 0 Å². The van der Waals surface area contributed by atoms with Gasteiger partial charge in [0.15, 0.2) is 5.75 Å². The van der Waals surface area contributed by atoms with Gasteiger partial charge in [-0.3, -0.25) is 0 Å². The molecule has 0 saturated carbocycles. The number of benzene rings is 3. The third-order valence-corrected chi connectivity index (χ3v) is 5.34. The average molecular weight is 309 g/mol. The molecule has 0 radical (unpaired) electrons. The minimum absolute atomic E-state index is 0.339. The van der Waals surface area contributed by atoms with Gasteiger partial charge in [-0.25, -0.2) is 0 Å². The van der Waals surface area contributed by atoms with Crippen LogP contribution in [-0.2, 0) is 0 Å². The number of hydrogen-bond donors (Lipinski definition) is 1. The van der Waals surface area contributed by atoms with Crippen LogP contribution in [0.3, 0.4) is 0 Å². The molecule has 6 rings (SSSR count). The number of nitrogens with one attached hydrogen (secondary N) is 1. The van der Waals surface area contributed by atoms with Gasteiger partial charge >= 0.3 is 0 Å². The summed E-state index contributed by atoms with van der Waals surface area (Å²) in [6.07, 6.45) is 7.45. The van der Waals surface area contributed by atoms with E-state index in [1.165, 1.54) is 27.1 Å². The van der Waals surface area contributed by atoms with E-state index >= 15 is 0 Å². The fourth-order valence-corrected chi connectivity index (χ4v) is 4.33. The summed E-state index contributed by atoms with van der Waals surface area (Å²) >= 11 is 0. The Kier molecular flexibility index (Phi) is 2.22. The van der Waals surface area contributed by atoms with Crippen molar-refractivity contribution in [2.24, 2.45) is 0 Å². The lowest BCUT2D eigenvalue weighted by molar-refractivity contribution is 0.428. The number of hydrogen-bond acceptors (Lipinski definition) is 1. The van der Waals surface area contributed by atoms with Crippen molar-refractivity contribution in [3.05, 3.63) is 78.1 Å². The van der Waals surface area contributed by atoms with E-state index in [9.17, 15) is 0 Å². The van der Waals surface area contributed by atoms with E-state index in [0.717, 1.165) is 29.0 Å². The molecule has 24 heavy (non-hydrogen) atoms. The lowest BCUT2D eigenvalue weighted by atomic mass is 9.87. The van der Waals surface area contributed by atoms with Gasteiger partial charge in [0.25, 0.3) is 0 Å². The zero-order chi connectivity index (χ0) is 15.7. The molecule has 114 valence electrons. The highest BCUT2D eigenvalue weighted by molar-refractivity contribution is 6.23. The van der Waals surface area contributed by atoms with E-state index in [1.54, 1.807) is 0 Å². The first-order valence-electron chi connectivity index (χ1n) is 8.41. The summed E-state index contributed by atoms with van der Waals surface area (Å²) in [5, 5.41) is 5.15. The zero-order valence-electron chi connectivity index (χ0n) is 13.0. The summed E-state index contributed by atoms with van der Waals surface area (Å²) < 4.78 is 6.34. The summed E-state index contributed by atoms with van der Waals surface area (Å²) in [6.45, 7) is 0. The minimum atomic E-state index is 0.339. The van der Waals surface area contributed by atoms with Crippen LogP contribution in [0.1, 0.15) is 17.9 Å². The maximum Gasteiger partial charge on any atom is 0.155 e. The number of allylic oxidation sites excluding steroid dienone is 4. The number of para-hydroxylation sites is 1. The van der Waals surface area contributed by atoms with Crippen LogP contribution in [0.2, 0.25) is 0 Å². The first kappa shape index (κ1) is 12.4. The van der Waals surface area contributed by atoms with Crippen molar-refractivity contribution in [3.8, 4) is 5.75 Å². The number of H-pyrrole nitrogens is 1. The summed E-state index contributed by atoms with van der Waals surface area (Å²) in [7, 11) is 0. The number of aromatic amines is 1. The minimum Gasteiger partial charge on any atom is -0.459 e. The highest BCUT2D eigenvalue weighted by Gasteiger charge is 2.34. The van der Waals surface area contributed by atoms with E-state index in [2.05, 4.69) is 71.7 Å². The molecule has 2 nitrogen and oxygen atoms in total. The van der Waals surface area contributed by atoms with Gasteiger partial charge < -0.3 is 9.72 Å². The molecule has 0 amide bonds. The van der Waals surface area contributed by atoms with Crippen LogP contribution < -0.4 is 4.74 Å². The Balaban J connectivity index is 1.88. The van der Waals surface area contributed by atoms with E-state index in [4.69, 9.17) is 4.74 Å². The largest absolute Gasteiger partial charge is 0.459 e. The van der Waals surface area contributed by atoms with Crippen LogP contribution in [-0.4, -0.2) is 4.98 Å². The van der Waals surface area contributed by atoms with Crippen molar-refractivity contribution in [1.82, 2.24) is 4.98 Å². The Hall–Kier alpha value is -3.00. The Labute approximate surface area is 139 Å². The lowest BCUT2D eigenvalue weighted by Gasteiger charge is -2.13. The van der Waals surface area contributed by atoms with Gasteiger partial charge in [0.1, 0.15) is 5.76 Å². The number of ether oxygens (including phenoxy) is 1. The van der Waals surface area contributed by atoms with Crippen molar-refractivity contribution in [1.29, 1.82) is 0 Å². The smallest absolute Gasteiger partial charge is 0.155 e. The Morgan fingerprint density at radius 2 is 1.71 bits per heavy atom. The van der Waals surface area contributed by atoms with E-state index in [0.29, 0.717) is 5.92 Å². The van der Waals surface area contributed by atoms with Crippen LogP contribution in [0, 0.1) is 0 Å². The molecule has 0 fully saturated rings. The molecule has 1 unspecified atom stereocenters. The Bertz CT molecular complexity index is 1210. The fourth-order valence-electron chi connectivity index (χ4n) is 4.33. The number of rotatable bonds is 0. The Morgan fingerprint density at radius 1 is 0.917 bits per heavy atom. The van der Waals surface area contributed by atoms with E-state index in [1.807, 2.05) is 0 Å². The maximum absolute atomic E-state index is 6.34. The molecule has 3 aromatic carbocycles. The number of fused-ring (bicyclic) bond motifs is 10. The first-order valence-corrected chi connectivity index (χ1v) is 8.41. The average Bonchev–Trinajstić information content (AvgIpc) is 3.21. The maximum atomic E-state index is 6.34. The monoisotopic (exact) mass is 309 g/mol. The van der Waals surface area contributed by atoms with Gasteiger partial charge in [-0.15, -0.1) is 0 Å². The van der Waals surface area contributed by atoms with Gasteiger partial charge in [0.05, 0.1) is 5.52 Å². The third kappa shape index (κ3) is 1.41. The molecule has 1 aromatic heterocycles. The topological polar surface area (TPSA) is 25.0 Å². The van der Waals surface area contributed by atoms with Crippen LogP contribution in [0.5, 0.6) is 5.75 Å². The summed E-state index contributed by atoms with van der Waals surface area (Å²) in [5.74, 6) is 2.43. The zero-order valence-corrected chi connectivity index (χ0v) is 13.0. The molecule has 1 N–H and O–H groups in total. The summed E-state index contributed by atoms with van der Waals surface area (Å²) in [5.41, 5.74) is 3.62. The third-order valence-electron chi connectivity index (χ3n) is 5.34. The van der Waals surface area contributed by atoms with Crippen molar-refractivity contribution in [2.45, 2.75) is 12.3 Å². The SMILES string of the molecule is C1=CCC2C(=C1)Oc1c2c2ccccc2c2c1[nH]c1ccccc12. The fraction of sp³-hybridized carbons (Fsp3) is 0.0909. The second kappa shape index (κ2) is 4.30. The molecule has 0 spiro atoms. The van der Waals surface area contributed by atoms with Gasteiger partial charge in [-0.1, -0.05) is 54.6 Å². The first-order chi connectivity index (χ1) is 11.9. The van der Waals surface area contributed by atoms with Crippen molar-refractivity contribution < 1.29 is 4.74 Å². The lowest BCUT2D eigenvalue weighted by Crippen LogP contribution is -2.00. The molecule has 2 heteroatoms. The summed E-state index contributed by atoms with van der Waals surface area (Å²) in [4.78, 5) is 3.61. The highest BCUT2D eigenvalue weighted by Crippen LogP contribution is 2.52.